The molecule has 9 heteroatoms. The molecule has 0 bridgehead atoms. The average molecular weight is 344 g/mol. The number of amides is 1. The molecule has 2 rings (SSSR count). The van der Waals surface area contributed by atoms with Crippen LogP contribution in [0.5, 0.6) is 0 Å². The third kappa shape index (κ3) is 4.28. The van der Waals surface area contributed by atoms with Crippen LogP contribution in [0.15, 0.2) is 29.6 Å². The first kappa shape index (κ1) is 16.9. The number of carbonyl (C=O) groups excluding carboxylic acids is 2. The summed E-state index contributed by atoms with van der Waals surface area (Å²) in [5, 5.41) is 3.83. The fourth-order valence-electron chi connectivity index (χ4n) is 1.64. The number of hydrogen-bond donors (Lipinski definition) is 1. The van der Waals surface area contributed by atoms with Gasteiger partial charge in [-0.2, -0.15) is 13.2 Å². The van der Waals surface area contributed by atoms with E-state index in [0.717, 1.165) is 29.5 Å². The number of rotatable bonds is 4. The molecule has 5 nitrogen and oxygen atoms in total. The molecule has 122 valence electrons. The molecule has 0 aliphatic heterocycles. The van der Waals surface area contributed by atoms with Crippen LogP contribution in [0.4, 0.5) is 18.3 Å². The lowest BCUT2D eigenvalue weighted by Crippen LogP contribution is -2.14. The van der Waals surface area contributed by atoms with E-state index in [9.17, 15) is 22.8 Å². The minimum atomic E-state index is -4.53. The minimum Gasteiger partial charge on any atom is -0.461 e. The molecule has 1 aromatic heterocycles. The van der Waals surface area contributed by atoms with Crippen LogP contribution in [0, 0.1) is 0 Å². The molecule has 1 amide bonds. The highest BCUT2D eigenvalue weighted by Gasteiger charge is 2.31. The number of benzene rings is 1. The van der Waals surface area contributed by atoms with Crippen LogP contribution in [0.1, 0.15) is 33.3 Å². The van der Waals surface area contributed by atoms with Crippen LogP contribution in [-0.2, 0) is 10.9 Å². The van der Waals surface area contributed by atoms with Crippen molar-refractivity contribution in [1.82, 2.24) is 4.98 Å². The number of halogens is 3. The monoisotopic (exact) mass is 344 g/mol. The van der Waals surface area contributed by atoms with Crippen molar-refractivity contribution in [2.75, 3.05) is 11.9 Å². The highest BCUT2D eigenvalue weighted by atomic mass is 32.1. The Labute approximate surface area is 133 Å². The van der Waals surface area contributed by atoms with Gasteiger partial charge in [0, 0.05) is 10.9 Å². The Balaban J connectivity index is 2.12. The van der Waals surface area contributed by atoms with E-state index in [4.69, 9.17) is 4.74 Å². The summed E-state index contributed by atoms with van der Waals surface area (Å²) in [7, 11) is 0. The van der Waals surface area contributed by atoms with E-state index in [0.29, 0.717) is 0 Å². The van der Waals surface area contributed by atoms with Gasteiger partial charge < -0.3 is 4.74 Å². The van der Waals surface area contributed by atoms with Gasteiger partial charge in [0.1, 0.15) is 0 Å². The summed E-state index contributed by atoms with van der Waals surface area (Å²) in [4.78, 5) is 27.3. The van der Waals surface area contributed by atoms with Gasteiger partial charge in [-0.05, 0) is 25.1 Å². The van der Waals surface area contributed by atoms with Crippen molar-refractivity contribution in [1.29, 1.82) is 0 Å². The Morgan fingerprint density at radius 2 is 2.09 bits per heavy atom. The number of alkyl halides is 3. The van der Waals surface area contributed by atoms with E-state index in [1.165, 1.54) is 11.4 Å². The fourth-order valence-corrected chi connectivity index (χ4v) is 2.31. The number of thiazole rings is 1. The molecule has 0 aliphatic carbocycles. The van der Waals surface area contributed by atoms with Crippen molar-refractivity contribution < 1.29 is 27.5 Å². The maximum Gasteiger partial charge on any atom is 0.416 e. The van der Waals surface area contributed by atoms with Gasteiger partial charge in [0.2, 0.25) is 0 Å². The van der Waals surface area contributed by atoms with Crippen molar-refractivity contribution in [3.8, 4) is 0 Å². The predicted molar refractivity (Wildman–Crippen MR) is 77.5 cm³/mol. The smallest absolute Gasteiger partial charge is 0.416 e. The number of carbonyl (C=O) groups is 2. The first-order chi connectivity index (χ1) is 10.8. The predicted octanol–water partition coefficient (Wildman–Crippen LogP) is 3.59. The SMILES string of the molecule is CCOC(=O)c1csc(NC(=O)c2cccc(C(F)(F)F)c2)n1. The zero-order valence-electron chi connectivity index (χ0n) is 11.8. The summed E-state index contributed by atoms with van der Waals surface area (Å²) in [6, 6.07) is 4.02. The van der Waals surface area contributed by atoms with Crippen LogP contribution in [-0.4, -0.2) is 23.5 Å². The Bertz CT molecular complexity index is 728. The lowest BCUT2D eigenvalue weighted by molar-refractivity contribution is -0.137. The molecular weight excluding hydrogens is 333 g/mol. The number of nitrogens with one attached hydrogen (secondary N) is 1. The summed E-state index contributed by atoms with van der Waals surface area (Å²) >= 11 is 0.970. The molecule has 1 heterocycles. The van der Waals surface area contributed by atoms with Crippen LogP contribution < -0.4 is 5.32 Å². The van der Waals surface area contributed by atoms with Gasteiger partial charge >= 0.3 is 12.1 Å². The first-order valence-corrected chi connectivity index (χ1v) is 7.30. The Morgan fingerprint density at radius 3 is 2.74 bits per heavy atom. The van der Waals surface area contributed by atoms with Gasteiger partial charge in [-0.1, -0.05) is 6.07 Å². The molecule has 0 aliphatic rings. The topological polar surface area (TPSA) is 68.3 Å². The third-order valence-corrected chi connectivity index (χ3v) is 3.42. The molecular formula is C14H11F3N2O3S. The van der Waals surface area contributed by atoms with E-state index in [2.05, 4.69) is 10.3 Å². The summed E-state index contributed by atoms with van der Waals surface area (Å²) < 4.78 is 42.6. The van der Waals surface area contributed by atoms with Crippen LogP contribution >= 0.6 is 11.3 Å². The molecule has 23 heavy (non-hydrogen) atoms. The highest BCUT2D eigenvalue weighted by molar-refractivity contribution is 7.14. The van der Waals surface area contributed by atoms with Gasteiger partial charge in [-0.15, -0.1) is 11.3 Å². The van der Waals surface area contributed by atoms with Crippen LogP contribution in [0.25, 0.3) is 0 Å². The number of hydrogen-bond acceptors (Lipinski definition) is 5. The Morgan fingerprint density at radius 1 is 1.35 bits per heavy atom. The van der Waals surface area contributed by atoms with Crippen LogP contribution in [0.2, 0.25) is 0 Å². The molecule has 0 fully saturated rings. The molecule has 0 saturated heterocycles. The lowest BCUT2D eigenvalue weighted by atomic mass is 10.1. The second kappa shape index (κ2) is 6.78. The molecule has 0 spiro atoms. The van der Waals surface area contributed by atoms with Gasteiger partial charge in [0.25, 0.3) is 5.91 Å². The zero-order chi connectivity index (χ0) is 17.0. The Kier molecular flexibility index (Phi) is 4.99. The summed E-state index contributed by atoms with van der Waals surface area (Å²) in [6.45, 7) is 1.82. The number of anilines is 1. The quantitative estimate of drug-likeness (QED) is 0.861. The van der Waals surface area contributed by atoms with Crippen molar-refractivity contribution in [3.05, 3.63) is 46.5 Å². The summed E-state index contributed by atoms with van der Waals surface area (Å²) in [5.41, 5.74) is -1.06. The van der Waals surface area contributed by atoms with E-state index >= 15 is 0 Å². The molecule has 0 unspecified atom stereocenters. The lowest BCUT2D eigenvalue weighted by Gasteiger charge is -2.08. The van der Waals surface area contributed by atoms with Crippen molar-refractivity contribution in [2.45, 2.75) is 13.1 Å². The summed E-state index contributed by atoms with van der Waals surface area (Å²) in [6.07, 6.45) is -4.53. The largest absolute Gasteiger partial charge is 0.461 e. The minimum absolute atomic E-state index is 0.0243. The van der Waals surface area contributed by atoms with E-state index in [1.807, 2.05) is 0 Å². The van der Waals surface area contributed by atoms with Crippen molar-refractivity contribution in [3.63, 3.8) is 0 Å². The number of aromatic nitrogens is 1. The maximum atomic E-state index is 12.6. The molecule has 1 aromatic carbocycles. The molecule has 0 atom stereocenters. The van der Waals surface area contributed by atoms with E-state index in [1.54, 1.807) is 6.92 Å². The van der Waals surface area contributed by atoms with Gasteiger partial charge in [-0.25, -0.2) is 9.78 Å². The fraction of sp³-hybridized carbons (Fsp3) is 0.214. The van der Waals surface area contributed by atoms with E-state index < -0.39 is 23.6 Å². The van der Waals surface area contributed by atoms with Crippen LogP contribution in [0.3, 0.4) is 0 Å². The van der Waals surface area contributed by atoms with Gasteiger partial charge in [-0.3, -0.25) is 10.1 Å². The highest BCUT2D eigenvalue weighted by Crippen LogP contribution is 2.29. The van der Waals surface area contributed by atoms with E-state index in [-0.39, 0.29) is 23.0 Å². The van der Waals surface area contributed by atoms with Gasteiger partial charge in [0.15, 0.2) is 10.8 Å². The first-order valence-electron chi connectivity index (χ1n) is 6.42. The maximum absolute atomic E-state index is 12.6. The molecule has 2 aromatic rings. The second-order valence-electron chi connectivity index (χ2n) is 4.29. The number of nitrogens with zero attached hydrogens (tertiary/aromatic N) is 1. The number of esters is 1. The third-order valence-electron chi connectivity index (χ3n) is 2.66. The van der Waals surface area contributed by atoms with Gasteiger partial charge in [0.05, 0.1) is 12.2 Å². The second-order valence-corrected chi connectivity index (χ2v) is 5.15. The molecule has 0 radical (unpaired) electrons. The summed E-state index contributed by atoms with van der Waals surface area (Å²) in [5.74, 6) is -1.39. The standard InChI is InChI=1S/C14H11F3N2O3S/c1-2-22-12(21)10-7-23-13(18-10)19-11(20)8-4-3-5-9(6-8)14(15,16)17/h3-7H,2H2,1H3,(H,18,19,20). The molecule has 1 N–H and O–H groups in total. The zero-order valence-corrected chi connectivity index (χ0v) is 12.6. The Hall–Kier alpha value is -2.42. The number of ether oxygens (including phenoxy) is 1. The normalized spacial score (nSPS) is 11.1. The molecule has 0 saturated carbocycles. The average Bonchev–Trinajstić information content (AvgIpc) is 2.95. The van der Waals surface area contributed by atoms with Crippen molar-refractivity contribution in [2.24, 2.45) is 0 Å². The van der Waals surface area contributed by atoms with Crippen molar-refractivity contribution >= 4 is 28.3 Å².